The van der Waals surface area contributed by atoms with E-state index in [1.807, 2.05) is 48.5 Å². The molecule has 0 bridgehead atoms. The van der Waals surface area contributed by atoms with Gasteiger partial charge in [-0.15, -0.1) is 0 Å². The topological polar surface area (TPSA) is 113 Å². The lowest BCUT2D eigenvalue weighted by molar-refractivity contribution is 0.366. The van der Waals surface area contributed by atoms with E-state index in [9.17, 15) is 0 Å². The van der Waals surface area contributed by atoms with Crippen LogP contribution in [-0.2, 0) is 13.1 Å². The Labute approximate surface area is 167 Å². The van der Waals surface area contributed by atoms with E-state index in [0.29, 0.717) is 31.0 Å². The zero-order valence-corrected chi connectivity index (χ0v) is 16.2. The first-order chi connectivity index (χ1) is 14.2. The number of ether oxygens (including phenoxy) is 2. The average Bonchev–Trinajstić information content (AvgIpc) is 3.17. The van der Waals surface area contributed by atoms with Crippen molar-refractivity contribution in [3.8, 4) is 18.0 Å². The number of nitrogens with one attached hydrogen (secondary N) is 1. The van der Waals surface area contributed by atoms with Crippen LogP contribution in [0.4, 0.5) is 5.95 Å². The number of imidazole rings is 1. The Morgan fingerprint density at radius 2 is 1.76 bits per heavy atom. The molecule has 0 radical (unpaired) electrons. The van der Waals surface area contributed by atoms with Gasteiger partial charge in [0.1, 0.15) is 0 Å². The lowest BCUT2D eigenvalue weighted by Gasteiger charge is -2.10. The van der Waals surface area contributed by atoms with Crippen molar-refractivity contribution in [1.82, 2.24) is 24.5 Å². The molecule has 4 rings (SSSR count). The van der Waals surface area contributed by atoms with Gasteiger partial charge < -0.3 is 20.5 Å². The Balaban J connectivity index is 1.78. The summed E-state index contributed by atoms with van der Waals surface area (Å²) in [5.41, 5.74) is 9.39. The maximum atomic E-state index is 5.86. The molecule has 0 aliphatic heterocycles. The van der Waals surface area contributed by atoms with E-state index >= 15 is 0 Å². The standard InChI is InChI=1S/C20H21N7O2/c1-28-19-25-17(22-12-13-7-4-3-5-8-13)24-18(26-19)27-15-10-6-9-14(11-21)16(15)23-20(27)29-2/h3-10H,11-12,21H2,1-2H3,(H,22,24,25,26). The first-order valence-corrected chi connectivity index (χ1v) is 9.06. The molecule has 0 fully saturated rings. The van der Waals surface area contributed by atoms with Crippen LogP contribution in [0.5, 0.6) is 12.0 Å². The van der Waals surface area contributed by atoms with E-state index in [1.54, 1.807) is 11.7 Å². The molecular weight excluding hydrogens is 370 g/mol. The van der Waals surface area contributed by atoms with Crippen molar-refractivity contribution in [2.45, 2.75) is 13.1 Å². The van der Waals surface area contributed by atoms with E-state index in [1.165, 1.54) is 7.11 Å². The van der Waals surface area contributed by atoms with Gasteiger partial charge in [-0.3, -0.25) is 0 Å². The Morgan fingerprint density at radius 3 is 2.48 bits per heavy atom. The van der Waals surface area contributed by atoms with Crippen LogP contribution in [-0.4, -0.2) is 38.7 Å². The number of methoxy groups -OCH3 is 2. The fraction of sp³-hybridized carbons (Fsp3) is 0.200. The van der Waals surface area contributed by atoms with Crippen LogP contribution >= 0.6 is 0 Å². The summed E-state index contributed by atoms with van der Waals surface area (Å²) in [4.78, 5) is 17.8. The highest BCUT2D eigenvalue weighted by molar-refractivity contribution is 5.82. The van der Waals surface area contributed by atoms with Crippen LogP contribution < -0.4 is 20.5 Å². The second-order valence-electron chi connectivity index (χ2n) is 6.21. The predicted octanol–water partition coefficient (Wildman–Crippen LogP) is 2.30. The minimum atomic E-state index is 0.185. The van der Waals surface area contributed by atoms with Crippen molar-refractivity contribution in [3.63, 3.8) is 0 Å². The van der Waals surface area contributed by atoms with Crippen LogP contribution in [0.25, 0.3) is 17.0 Å². The number of para-hydroxylation sites is 1. The Morgan fingerprint density at radius 1 is 0.931 bits per heavy atom. The summed E-state index contributed by atoms with van der Waals surface area (Å²) >= 11 is 0. The van der Waals surface area contributed by atoms with Crippen LogP contribution in [0, 0.1) is 0 Å². The monoisotopic (exact) mass is 391 g/mol. The molecule has 0 unspecified atom stereocenters. The second kappa shape index (κ2) is 8.11. The number of rotatable bonds is 7. The minimum absolute atomic E-state index is 0.185. The summed E-state index contributed by atoms with van der Waals surface area (Å²) in [6, 6.07) is 16.3. The van der Waals surface area contributed by atoms with Gasteiger partial charge in [0.15, 0.2) is 0 Å². The first kappa shape index (κ1) is 18.6. The molecule has 2 heterocycles. The van der Waals surface area contributed by atoms with Gasteiger partial charge >= 0.3 is 12.0 Å². The third-order valence-corrected chi connectivity index (χ3v) is 4.42. The summed E-state index contributed by atoms with van der Waals surface area (Å²) in [5, 5.41) is 3.21. The van der Waals surface area contributed by atoms with Gasteiger partial charge in [-0.2, -0.15) is 19.9 Å². The van der Waals surface area contributed by atoms with Crippen molar-refractivity contribution in [1.29, 1.82) is 0 Å². The highest BCUT2D eigenvalue weighted by Gasteiger charge is 2.19. The average molecular weight is 391 g/mol. The fourth-order valence-corrected chi connectivity index (χ4v) is 3.02. The zero-order chi connectivity index (χ0) is 20.2. The zero-order valence-electron chi connectivity index (χ0n) is 16.2. The Bertz CT molecular complexity index is 1130. The van der Waals surface area contributed by atoms with Gasteiger partial charge in [-0.25, -0.2) is 4.57 Å². The summed E-state index contributed by atoms with van der Waals surface area (Å²) in [5.74, 6) is 0.718. The van der Waals surface area contributed by atoms with Crippen LogP contribution in [0.1, 0.15) is 11.1 Å². The lowest BCUT2D eigenvalue weighted by atomic mass is 10.2. The highest BCUT2D eigenvalue weighted by atomic mass is 16.5. The van der Waals surface area contributed by atoms with E-state index in [4.69, 9.17) is 15.2 Å². The number of nitrogens with zero attached hydrogens (tertiary/aromatic N) is 5. The van der Waals surface area contributed by atoms with Crippen molar-refractivity contribution in [2.24, 2.45) is 5.73 Å². The van der Waals surface area contributed by atoms with Crippen LogP contribution in [0.2, 0.25) is 0 Å². The molecule has 0 aliphatic rings. The van der Waals surface area contributed by atoms with E-state index < -0.39 is 0 Å². The SMILES string of the molecule is COc1nc(NCc2ccccc2)nc(-n2c(OC)nc3c(CN)cccc32)n1. The normalized spacial score (nSPS) is 10.9. The van der Waals surface area contributed by atoms with Gasteiger partial charge in [0.25, 0.3) is 0 Å². The van der Waals surface area contributed by atoms with E-state index in [0.717, 1.165) is 22.2 Å². The second-order valence-corrected chi connectivity index (χ2v) is 6.21. The molecule has 148 valence electrons. The molecule has 0 amide bonds. The number of aromatic nitrogens is 5. The molecule has 29 heavy (non-hydrogen) atoms. The maximum absolute atomic E-state index is 5.86. The summed E-state index contributed by atoms with van der Waals surface area (Å²) in [6.45, 7) is 0.925. The maximum Gasteiger partial charge on any atom is 0.322 e. The number of benzene rings is 2. The van der Waals surface area contributed by atoms with Gasteiger partial charge in [0.2, 0.25) is 11.9 Å². The van der Waals surface area contributed by atoms with Crippen molar-refractivity contribution < 1.29 is 9.47 Å². The predicted molar refractivity (Wildman–Crippen MR) is 109 cm³/mol. The van der Waals surface area contributed by atoms with Crippen molar-refractivity contribution in [3.05, 3.63) is 59.7 Å². The molecule has 2 aromatic carbocycles. The Kier molecular flexibility index (Phi) is 5.21. The molecule has 4 aromatic rings. The van der Waals surface area contributed by atoms with Gasteiger partial charge in [0, 0.05) is 13.1 Å². The fourth-order valence-electron chi connectivity index (χ4n) is 3.02. The molecule has 2 aromatic heterocycles. The number of hydrogen-bond donors (Lipinski definition) is 2. The quantitative estimate of drug-likeness (QED) is 0.493. The molecule has 0 aliphatic carbocycles. The third-order valence-electron chi connectivity index (χ3n) is 4.42. The minimum Gasteiger partial charge on any atom is -0.468 e. The van der Waals surface area contributed by atoms with E-state index in [-0.39, 0.29) is 6.01 Å². The first-order valence-electron chi connectivity index (χ1n) is 9.06. The van der Waals surface area contributed by atoms with Crippen LogP contribution in [0.15, 0.2) is 48.5 Å². The lowest BCUT2D eigenvalue weighted by Crippen LogP contribution is -2.11. The summed E-state index contributed by atoms with van der Waals surface area (Å²) in [6.07, 6.45) is 0. The molecule has 0 saturated carbocycles. The van der Waals surface area contributed by atoms with E-state index in [2.05, 4.69) is 25.3 Å². The third kappa shape index (κ3) is 3.67. The van der Waals surface area contributed by atoms with Gasteiger partial charge in [-0.05, 0) is 17.2 Å². The van der Waals surface area contributed by atoms with Crippen molar-refractivity contribution in [2.75, 3.05) is 19.5 Å². The molecular formula is C20H21N7O2. The molecule has 0 spiro atoms. The molecule has 9 heteroatoms. The molecule has 9 nitrogen and oxygen atoms in total. The number of nitrogens with two attached hydrogens (primary N) is 1. The number of fused-ring (bicyclic) bond motifs is 1. The Hall–Kier alpha value is -3.72. The molecule has 3 N–H and O–H groups in total. The molecule has 0 atom stereocenters. The smallest absolute Gasteiger partial charge is 0.322 e. The largest absolute Gasteiger partial charge is 0.468 e. The van der Waals surface area contributed by atoms with Crippen molar-refractivity contribution >= 4 is 17.0 Å². The van der Waals surface area contributed by atoms with Gasteiger partial charge in [0.05, 0.1) is 25.3 Å². The highest BCUT2D eigenvalue weighted by Crippen LogP contribution is 2.27. The number of hydrogen-bond acceptors (Lipinski definition) is 8. The molecule has 0 saturated heterocycles. The van der Waals surface area contributed by atoms with Crippen LogP contribution in [0.3, 0.4) is 0 Å². The van der Waals surface area contributed by atoms with Gasteiger partial charge in [-0.1, -0.05) is 42.5 Å². The summed E-state index contributed by atoms with van der Waals surface area (Å²) in [7, 11) is 3.06. The summed E-state index contributed by atoms with van der Waals surface area (Å²) < 4.78 is 12.5. The number of anilines is 1.